The molecule has 0 aliphatic rings. The van der Waals surface area contributed by atoms with Crippen LogP contribution < -0.4 is 4.74 Å². The van der Waals surface area contributed by atoms with Crippen LogP contribution in [0.5, 0.6) is 5.75 Å². The van der Waals surface area contributed by atoms with Gasteiger partial charge in [-0.15, -0.1) is 10.2 Å². The van der Waals surface area contributed by atoms with E-state index in [-0.39, 0.29) is 18.4 Å². The zero-order valence-electron chi connectivity index (χ0n) is 14.9. The first-order valence-electron chi connectivity index (χ1n) is 8.41. The summed E-state index contributed by atoms with van der Waals surface area (Å²) in [6.45, 7) is 5.89. The molecule has 2 heterocycles. The Kier molecular flexibility index (Phi) is 5.26. The molecule has 0 saturated heterocycles. The van der Waals surface area contributed by atoms with Gasteiger partial charge in [0.2, 0.25) is 0 Å². The highest BCUT2D eigenvalue weighted by Gasteiger charge is 2.20. The molecule has 3 aromatic rings. The van der Waals surface area contributed by atoms with Gasteiger partial charge in [-0.05, 0) is 45.0 Å². The Balaban J connectivity index is 2.04. The van der Waals surface area contributed by atoms with Crippen molar-refractivity contribution in [1.82, 2.24) is 9.38 Å². The highest BCUT2D eigenvalue weighted by molar-refractivity contribution is 5.93. The Morgan fingerprint density at radius 2 is 1.92 bits per heavy atom. The van der Waals surface area contributed by atoms with Gasteiger partial charge in [0.25, 0.3) is 0 Å². The molecule has 0 bridgehead atoms. The smallest absolute Gasteiger partial charge is 0.360 e. The monoisotopic (exact) mass is 352 g/mol. The van der Waals surface area contributed by atoms with E-state index < -0.39 is 5.97 Å². The fourth-order valence-corrected chi connectivity index (χ4v) is 2.41. The molecule has 0 N–H and O–H groups in total. The number of benzene rings is 1. The number of carbonyl (C=O) groups excluding carboxylic acids is 1. The molecule has 3 rings (SSSR count). The second-order valence-electron chi connectivity index (χ2n) is 5.77. The van der Waals surface area contributed by atoms with Crippen LogP contribution in [0.3, 0.4) is 0 Å². The lowest BCUT2D eigenvalue weighted by Crippen LogP contribution is -2.05. The molecule has 7 heteroatoms. The molecular weight excluding hydrogens is 332 g/mol. The second-order valence-corrected chi connectivity index (χ2v) is 5.77. The fraction of sp³-hybridized carbons (Fsp3) is 0.263. The van der Waals surface area contributed by atoms with Gasteiger partial charge in [0.1, 0.15) is 17.1 Å². The number of imidazole rings is 1. The third kappa shape index (κ3) is 3.72. The SMILES string of the molecule is CCOC(=O)c1nc2ccccn2c1N=Nc1ccccc1OC(C)C. The van der Waals surface area contributed by atoms with E-state index in [2.05, 4.69) is 15.2 Å². The summed E-state index contributed by atoms with van der Waals surface area (Å²) in [4.78, 5) is 16.6. The number of para-hydroxylation sites is 1. The molecular formula is C19H20N4O3. The molecule has 0 saturated carbocycles. The van der Waals surface area contributed by atoms with Gasteiger partial charge in [-0.3, -0.25) is 4.40 Å². The number of hydrogen-bond acceptors (Lipinski definition) is 6. The van der Waals surface area contributed by atoms with Crippen LogP contribution in [0.1, 0.15) is 31.3 Å². The number of aromatic nitrogens is 2. The minimum Gasteiger partial charge on any atom is -0.489 e. The molecule has 0 amide bonds. The van der Waals surface area contributed by atoms with Crippen molar-refractivity contribution >= 4 is 23.1 Å². The van der Waals surface area contributed by atoms with E-state index in [9.17, 15) is 4.79 Å². The number of nitrogens with zero attached hydrogens (tertiary/aromatic N) is 4. The third-order valence-electron chi connectivity index (χ3n) is 3.45. The Hall–Kier alpha value is -3.22. The van der Waals surface area contributed by atoms with Gasteiger partial charge in [0, 0.05) is 6.20 Å². The Bertz CT molecular complexity index is 947. The summed E-state index contributed by atoms with van der Waals surface area (Å²) in [6.07, 6.45) is 1.79. The van der Waals surface area contributed by atoms with E-state index in [0.717, 1.165) is 0 Å². The summed E-state index contributed by atoms with van der Waals surface area (Å²) in [5.41, 5.74) is 1.29. The second kappa shape index (κ2) is 7.77. The van der Waals surface area contributed by atoms with Gasteiger partial charge in [-0.2, -0.15) is 0 Å². The summed E-state index contributed by atoms with van der Waals surface area (Å²) < 4.78 is 12.5. The predicted octanol–water partition coefficient (Wildman–Crippen LogP) is 4.71. The number of fused-ring (bicyclic) bond motifs is 1. The van der Waals surface area contributed by atoms with Crippen LogP contribution in [0.4, 0.5) is 11.5 Å². The summed E-state index contributed by atoms with van der Waals surface area (Å²) >= 11 is 0. The number of esters is 1. The van der Waals surface area contributed by atoms with Crippen LogP contribution in [0.2, 0.25) is 0 Å². The maximum atomic E-state index is 12.2. The first-order valence-corrected chi connectivity index (χ1v) is 8.41. The summed E-state index contributed by atoms with van der Waals surface area (Å²) in [7, 11) is 0. The van der Waals surface area contributed by atoms with E-state index in [1.165, 1.54) is 0 Å². The molecule has 0 atom stereocenters. The standard InChI is InChI=1S/C19H20N4O3/c1-4-25-19(24)17-18(23-12-8-7-11-16(23)20-17)22-21-14-9-5-6-10-15(14)26-13(2)3/h5-13H,4H2,1-3H3. The average Bonchev–Trinajstić information content (AvgIpc) is 2.99. The molecule has 0 fully saturated rings. The minimum absolute atomic E-state index is 0.0113. The van der Waals surface area contributed by atoms with Gasteiger partial charge in [-0.25, -0.2) is 9.78 Å². The lowest BCUT2D eigenvalue weighted by Gasteiger charge is -2.10. The molecule has 134 valence electrons. The van der Waals surface area contributed by atoms with Crippen LogP contribution in [0.15, 0.2) is 58.9 Å². The quantitative estimate of drug-likeness (QED) is 0.475. The molecule has 26 heavy (non-hydrogen) atoms. The van der Waals surface area contributed by atoms with Crippen LogP contribution >= 0.6 is 0 Å². The van der Waals surface area contributed by atoms with Gasteiger partial charge in [0.15, 0.2) is 11.5 Å². The van der Waals surface area contributed by atoms with Crippen molar-refractivity contribution in [2.24, 2.45) is 10.2 Å². The number of ether oxygens (including phenoxy) is 2. The maximum absolute atomic E-state index is 12.2. The number of rotatable bonds is 6. The fourth-order valence-electron chi connectivity index (χ4n) is 2.41. The Morgan fingerprint density at radius 3 is 2.69 bits per heavy atom. The van der Waals surface area contributed by atoms with Crippen LogP contribution in [0, 0.1) is 0 Å². The van der Waals surface area contributed by atoms with Crippen LogP contribution in [-0.2, 0) is 4.74 Å². The van der Waals surface area contributed by atoms with Crippen LogP contribution in [0.25, 0.3) is 5.65 Å². The van der Waals surface area contributed by atoms with Crippen molar-refractivity contribution in [2.45, 2.75) is 26.9 Å². The van der Waals surface area contributed by atoms with E-state index >= 15 is 0 Å². The first kappa shape index (κ1) is 17.6. The zero-order chi connectivity index (χ0) is 18.5. The Morgan fingerprint density at radius 1 is 1.15 bits per heavy atom. The molecule has 0 unspecified atom stereocenters. The number of azo groups is 1. The summed E-state index contributed by atoms with van der Waals surface area (Å²) in [5, 5.41) is 8.57. The number of carbonyl (C=O) groups is 1. The molecule has 0 aliphatic carbocycles. The largest absolute Gasteiger partial charge is 0.489 e. The number of pyridine rings is 1. The van der Waals surface area contributed by atoms with Crippen molar-refractivity contribution in [2.75, 3.05) is 6.61 Å². The normalized spacial score (nSPS) is 11.4. The van der Waals surface area contributed by atoms with Crippen molar-refractivity contribution in [3.8, 4) is 5.75 Å². The lowest BCUT2D eigenvalue weighted by atomic mass is 10.3. The van der Waals surface area contributed by atoms with E-state index in [0.29, 0.717) is 22.9 Å². The van der Waals surface area contributed by atoms with Crippen LogP contribution in [-0.4, -0.2) is 28.1 Å². The zero-order valence-corrected chi connectivity index (χ0v) is 14.9. The molecule has 7 nitrogen and oxygen atoms in total. The van der Waals surface area contributed by atoms with Gasteiger partial charge < -0.3 is 9.47 Å². The lowest BCUT2D eigenvalue weighted by molar-refractivity contribution is 0.0521. The molecule has 2 aromatic heterocycles. The molecule has 0 spiro atoms. The minimum atomic E-state index is -0.531. The number of hydrogen-bond donors (Lipinski definition) is 0. The molecule has 0 aliphatic heterocycles. The van der Waals surface area contributed by atoms with Crippen molar-refractivity contribution in [1.29, 1.82) is 0 Å². The Labute approximate surface area is 151 Å². The van der Waals surface area contributed by atoms with E-state index in [4.69, 9.17) is 9.47 Å². The molecule has 0 radical (unpaired) electrons. The highest BCUT2D eigenvalue weighted by atomic mass is 16.5. The summed E-state index contributed by atoms with van der Waals surface area (Å²) in [6, 6.07) is 12.8. The van der Waals surface area contributed by atoms with E-state index in [1.54, 1.807) is 29.7 Å². The van der Waals surface area contributed by atoms with Gasteiger partial charge in [-0.1, -0.05) is 18.2 Å². The van der Waals surface area contributed by atoms with Crippen molar-refractivity contribution in [3.05, 3.63) is 54.4 Å². The molecule has 1 aromatic carbocycles. The van der Waals surface area contributed by atoms with E-state index in [1.807, 2.05) is 44.2 Å². The first-order chi connectivity index (χ1) is 12.6. The maximum Gasteiger partial charge on any atom is 0.360 e. The van der Waals surface area contributed by atoms with Crippen molar-refractivity contribution in [3.63, 3.8) is 0 Å². The average molecular weight is 352 g/mol. The van der Waals surface area contributed by atoms with Gasteiger partial charge in [0.05, 0.1) is 12.7 Å². The summed E-state index contributed by atoms with van der Waals surface area (Å²) in [5.74, 6) is 0.410. The predicted molar refractivity (Wildman–Crippen MR) is 97.5 cm³/mol. The highest BCUT2D eigenvalue weighted by Crippen LogP contribution is 2.31. The van der Waals surface area contributed by atoms with Crippen molar-refractivity contribution < 1.29 is 14.3 Å². The third-order valence-corrected chi connectivity index (χ3v) is 3.45. The topological polar surface area (TPSA) is 77.5 Å². The van der Waals surface area contributed by atoms with Gasteiger partial charge >= 0.3 is 5.97 Å².